The molecular formula is C30H30F2N4O4. The molecule has 3 N–H and O–H groups in total. The molecule has 40 heavy (non-hydrogen) atoms. The molecule has 2 aliphatic carbocycles. The van der Waals surface area contributed by atoms with Crippen molar-refractivity contribution in [2.75, 3.05) is 6.54 Å². The lowest BCUT2D eigenvalue weighted by molar-refractivity contribution is -0.201. The number of rotatable bonds is 5. The molecule has 2 aromatic rings. The third-order valence-corrected chi connectivity index (χ3v) is 9.06. The molecule has 3 saturated heterocycles. The second-order valence-electron chi connectivity index (χ2n) is 11.3. The van der Waals surface area contributed by atoms with E-state index in [1.165, 1.54) is 0 Å². The molecule has 2 aromatic carbocycles. The minimum absolute atomic E-state index is 0.0351. The number of nitrogens with zero attached hydrogens (tertiary/aromatic N) is 2. The molecule has 8 nitrogen and oxygen atoms in total. The molecule has 7 rings (SSSR count). The molecule has 3 amide bonds. The highest BCUT2D eigenvalue weighted by Gasteiger charge is 2.63. The number of amides is 3. The molecule has 2 bridgehead atoms. The molecule has 0 unspecified atom stereocenters. The summed E-state index contributed by atoms with van der Waals surface area (Å²) in [4.78, 5) is 41.5. The maximum atomic E-state index is 15.2. The van der Waals surface area contributed by atoms with Gasteiger partial charge in [-0.05, 0) is 43.2 Å². The normalized spacial score (nSPS) is 28.1. The molecule has 3 aliphatic heterocycles. The standard InChI is InChI=1S/C30H30F2N4O4/c31-29(32)15-19-11-12-24(29)25(27(38)35-18(16-33)14-17-6-5-13-34-26(17)37)36(19)28(39)30(40)22-9-3-1-7-20(22)21-8-2-4-10-23(21)30/h1-4,7-10,17-19,24-25,40H,5-6,11-15H2,(H,34,37)(H,35,38)/t17-,18-,19-,24-,25-/m1/s1. The third kappa shape index (κ3) is 3.98. The molecule has 208 valence electrons. The van der Waals surface area contributed by atoms with Crippen molar-refractivity contribution >= 4 is 17.7 Å². The first kappa shape index (κ1) is 26.4. The number of piperidine rings is 3. The van der Waals surface area contributed by atoms with Crippen molar-refractivity contribution in [3.05, 3.63) is 59.7 Å². The van der Waals surface area contributed by atoms with Crippen LogP contribution < -0.4 is 10.6 Å². The van der Waals surface area contributed by atoms with E-state index in [1.807, 2.05) is 6.07 Å². The van der Waals surface area contributed by atoms with Crippen LogP contribution in [-0.2, 0) is 20.0 Å². The fourth-order valence-corrected chi connectivity index (χ4v) is 7.17. The molecule has 0 radical (unpaired) electrons. The Morgan fingerprint density at radius 3 is 2.35 bits per heavy atom. The van der Waals surface area contributed by atoms with E-state index in [2.05, 4.69) is 10.6 Å². The number of fused-ring (bicyclic) bond motifs is 6. The molecule has 4 fully saturated rings. The summed E-state index contributed by atoms with van der Waals surface area (Å²) < 4.78 is 30.5. The first-order valence-corrected chi connectivity index (χ1v) is 13.8. The second-order valence-corrected chi connectivity index (χ2v) is 11.3. The van der Waals surface area contributed by atoms with Crippen LogP contribution in [0.2, 0.25) is 0 Å². The Morgan fingerprint density at radius 2 is 1.75 bits per heavy atom. The van der Waals surface area contributed by atoms with Crippen molar-refractivity contribution in [2.24, 2.45) is 11.8 Å². The topological polar surface area (TPSA) is 123 Å². The number of hydrogen-bond donors (Lipinski definition) is 3. The van der Waals surface area contributed by atoms with E-state index < -0.39 is 59.7 Å². The van der Waals surface area contributed by atoms with Gasteiger partial charge in [-0.1, -0.05) is 48.5 Å². The second kappa shape index (κ2) is 9.66. The monoisotopic (exact) mass is 548 g/mol. The number of carbonyl (C=O) groups is 3. The highest BCUT2D eigenvalue weighted by Crippen LogP contribution is 2.53. The summed E-state index contributed by atoms with van der Waals surface area (Å²) in [6.07, 6.45) is 1.06. The first-order chi connectivity index (χ1) is 19.2. The predicted octanol–water partition coefficient (Wildman–Crippen LogP) is 2.84. The zero-order valence-corrected chi connectivity index (χ0v) is 21.8. The summed E-state index contributed by atoms with van der Waals surface area (Å²) in [7, 11) is 0. The summed E-state index contributed by atoms with van der Waals surface area (Å²) in [5, 5.41) is 27.2. The fraction of sp³-hybridized carbons (Fsp3) is 0.467. The fourth-order valence-electron chi connectivity index (χ4n) is 7.17. The van der Waals surface area contributed by atoms with E-state index in [1.54, 1.807) is 48.5 Å². The van der Waals surface area contributed by atoms with Crippen molar-refractivity contribution in [3.8, 4) is 17.2 Å². The molecule has 10 heteroatoms. The van der Waals surface area contributed by atoms with Gasteiger partial charge >= 0.3 is 0 Å². The number of benzene rings is 2. The van der Waals surface area contributed by atoms with Gasteiger partial charge in [-0.3, -0.25) is 14.4 Å². The summed E-state index contributed by atoms with van der Waals surface area (Å²) in [5.74, 6) is -7.03. The van der Waals surface area contributed by atoms with Gasteiger partial charge in [0.25, 0.3) is 11.8 Å². The zero-order chi connectivity index (χ0) is 28.2. The molecule has 3 heterocycles. The molecule has 0 spiro atoms. The Hall–Kier alpha value is -3.84. The van der Waals surface area contributed by atoms with Gasteiger partial charge in [0.05, 0.1) is 12.0 Å². The van der Waals surface area contributed by atoms with E-state index in [0.29, 0.717) is 35.2 Å². The summed E-state index contributed by atoms with van der Waals surface area (Å²) in [6, 6.07) is 12.2. The molecule has 1 saturated carbocycles. The summed E-state index contributed by atoms with van der Waals surface area (Å²) >= 11 is 0. The van der Waals surface area contributed by atoms with Crippen molar-refractivity contribution in [1.82, 2.24) is 15.5 Å². The van der Waals surface area contributed by atoms with Crippen LogP contribution in [0.5, 0.6) is 0 Å². The molecule has 5 aliphatic rings. The van der Waals surface area contributed by atoms with E-state index in [9.17, 15) is 24.8 Å². The van der Waals surface area contributed by atoms with Crippen LogP contribution in [0.4, 0.5) is 8.78 Å². The van der Waals surface area contributed by atoms with Crippen molar-refractivity contribution in [2.45, 2.75) is 68.2 Å². The summed E-state index contributed by atoms with van der Waals surface area (Å²) in [6.45, 7) is 0.547. The number of halogens is 2. The lowest BCUT2D eigenvalue weighted by Gasteiger charge is -2.54. The maximum absolute atomic E-state index is 15.2. The number of aliphatic hydroxyl groups is 1. The highest BCUT2D eigenvalue weighted by molar-refractivity contribution is 6.01. The number of carbonyl (C=O) groups excluding carboxylic acids is 3. The number of alkyl halides is 2. The van der Waals surface area contributed by atoms with Crippen LogP contribution in [0.15, 0.2) is 48.5 Å². The van der Waals surface area contributed by atoms with Gasteiger partial charge in [0.15, 0.2) is 5.60 Å². The zero-order valence-electron chi connectivity index (χ0n) is 21.8. The number of nitriles is 1. The quantitative estimate of drug-likeness (QED) is 0.531. The van der Waals surface area contributed by atoms with E-state index in [4.69, 9.17) is 0 Å². The van der Waals surface area contributed by atoms with Crippen molar-refractivity contribution in [3.63, 3.8) is 0 Å². The highest BCUT2D eigenvalue weighted by atomic mass is 19.3. The third-order valence-electron chi connectivity index (χ3n) is 9.06. The Kier molecular flexibility index (Phi) is 6.37. The van der Waals surface area contributed by atoms with Gasteiger partial charge < -0.3 is 20.6 Å². The SMILES string of the molecule is N#C[C@@H](C[C@H]1CCCNC1=O)NC(=O)[C@H]1[C@H]2CC[C@H](CC2(F)F)N1C(=O)C1(O)c2ccccc2-c2ccccc21. The van der Waals surface area contributed by atoms with E-state index >= 15 is 8.78 Å². The van der Waals surface area contributed by atoms with Gasteiger partial charge in [-0.25, -0.2) is 8.78 Å². The van der Waals surface area contributed by atoms with E-state index in [0.717, 1.165) is 11.3 Å². The van der Waals surface area contributed by atoms with Gasteiger partial charge in [-0.15, -0.1) is 0 Å². The Balaban J connectivity index is 1.35. The summed E-state index contributed by atoms with van der Waals surface area (Å²) in [5.41, 5.74) is -0.151. The van der Waals surface area contributed by atoms with Crippen LogP contribution in [0.1, 0.15) is 49.7 Å². The maximum Gasteiger partial charge on any atom is 0.264 e. The smallest absolute Gasteiger partial charge is 0.264 e. The van der Waals surface area contributed by atoms with Crippen LogP contribution in [0.3, 0.4) is 0 Å². The van der Waals surface area contributed by atoms with Crippen molar-refractivity contribution < 1.29 is 28.3 Å². The number of nitrogens with one attached hydrogen (secondary N) is 2. The van der Waals surface area contributed by atoms with Crippen LogP contribution >= 0.6 is 0 Å². The lowest BCUT2D eigenvalue weighted by atomic mass is 9.70. The largest absolute Gasteiger partial charge is 0.372 e. The van der Waals surface area contributed by atoms with Crippen LogP contribution in [-0.4, -0.2) is 58.3 Å². The molecular weight excluding hydrogens is 518 g/mol. The van der Waals surface area contributed by atoms with E-state index in [-0.39, 0.29) is 25.2 Å². The van der Waals surface area contributed by atoms with Gasteiger partial charge in [-0.2, -0.15) is 5.26 Å². The lowest BCUT2D eigenvalue weighted by Crippen LogP contribution is -2.70. The minimum Gasteiger partial charge on any atom is -0.372 e. The Labute approximate surface area is 230 Å². The minimum atomic E-state index is -3.19. The molecule has 5 atom stereocenters. The average Bonchev–Trinajstić information content (AvgIpc) is 3.22. The molecule has 0 aromatic heterocycles. The van der Waals surface area contributed by atoms with Crippen LogP contribution in [0, 0.1) is 23.2 Å². The van der Waals surface area contributed by atoms with Crippen molar-refractivity contribution in [1.29, 1.82) is 5.26 Å². The average molecular weight is 549 g/mol. The number of hydrogen-bond acceptors (Lipinski definition) is 5. The Bertz CT molecular complexity index is 1380. The van der Waals surface area contributed by atoms with Gasteiger partial charge in [0, 0.05) is 36.1 Å². The van der Waals surface area contributed by atoms with Gasteiger partial charge in [0.2, 0.25) is 11.8 Å². The van der Waals surface area contributed by atoms with Gasteiger partial charge in [0.1, 0.15) is 12.1 Å². The Morgan fingerprint density at radius 1 is 1.10 bits per heavy atom. The predicted molar refractivity (Wildman–Crippen MR) is 139 cm³/mol. The van der Waals surface area contributed by atoms with Crippen LogP contribution in [0.25, 0.3) is 11.1 Å². The first-order valence-electron chi connectivity index (χ1n) is 13.8.